The molecule has 0 aliphatic rings. The fourth-order valence-corrected chi connectivity index (χ4v) is 3.73. The largest absolute Gasteiger partial charge is 0.493 e. The molecular formula is C24H28N4O3. The fraction of sp³-hybridized carbons (Fsp3) is 0.292. The van der Waals surface area contributed by atoms with Gasteiger partial charge in [0.25, 0.3) is 0 Å². The van der Waals surface area contributed by atoms with Gasteiger partial charge in [-0.25, -0.2) is 0 Å². The number of primary amides is 1. The van der Waals surface area contributed by atoms with Gasteiger partial charge in [-0.05, 0) is 54.7 Å². The summed E-state index contributed by atoms with van der Waals surface area (Å²) in [5, 5.41) is 3.44. The van der Waals surface area contributed by atoms with Gasteiger partial charge in [0.1, 0.15) is 5.54 Å². The number of pyridine rings is 2. The molecule has 2 heterocycles. The maximum absolute atomic E-state index is 13.0. The number of nitrogens with zero attached hydrogens (tertiary/aromatic N) is 2. The van der Waals surface area contributed by atoms with Crippen LogP contribution in [0, 0.1) is 0 Å². The van der Waals surface area contributed by atoms with Crippen LogP contribution in [0.1, 0.15) is 23.1 Å². The van der Waals surface area contributed by atoms with Crippen LogP contribution in [0.2, 0.25) is 0 Å². The topological polar surface area (TPSA) is 99.4 Å². The highest BCUT2D eigenvalue weighted by Crippen LogP contribution is 2.39. The van der Waals surface area contributed by atoms with Crippen molar-refractivity contribution >= 4 is 5.91 Å². The Morgan fingerprint density at radius 1 is 0.968 bits per heavy atom. The van der Waals surface area contributed by atoms with Crippen molar-refractivity contribution in [3.63, 3.8) is 0 Å². The molecule has 0 bridgehead atoms. The van der Waals surface area contributed by atoms with E-state index in [9.17, 15) is 4.79 Å². The van der Waals surface area contributed by atoms with Crippen LogP contribution in [-0.4, -0.2) is 36.6 Å². The van der Waals surface area contributed by atoms with E-state index in [0.717, 1.165) is 11.1 Å². The van der Waals surface area contributed by atoms with Crippen molar-refractivity contribution in [1.82, 2.24) is 15.3 Å². The number of carbonyl (C=O) groups excluding carboxylic acids is 1. The Bertz CT molecular complexity index is 983. The molecule has 0 aliphatic heterocycles. The maximum atomic E-state index is 13.0. The molecule has 31 heavy (non-hydrogen) atoms. The summed E-state index contributed by atoms with van der Waals surface area (Å²) in [5.74, 6) is 0.565. The lowest BCUT2D eigenvalue weighted by Crippen LogP contribution is -2.53. The minimum atomic E-state index is -1.15. The Morgan fingerprint density at radius 3 is 2.42 bits per heavy atom. The van der Waals surface area contributed by atoms with E-state index in [1.54, 1.807) is 38.9 Å². The molecule has 0 aliphatic carbocycles. The van der Waals surface area contributed by atoms with Gasteiger partial charge in [-0.2, -0.15) is 0 Å². The second-order valence-electron chi connectivity index (χ2n) is 7.20. The Hall–Kier alpha value is -3.45. The van der Waals surface area contributed by atoms with E-state index < -0.39 is 11.4 Å². The van der Waals surface area contributed by atoms with E-state index >= 15 is 0 Å². The molecule has 0 radical (unpaired) electrons. The summed E-state index contributed by atoms with van der Waals surface area (Å²) in [5.41, 5.74) is 7.68. The van der Waals surface area contributed by atoms with Gasteiger partial charge in [-0.3, -0.25) is 20.1 Å². The molecule has 0 fully saturated rings. The van der Waals surface area contributed by atoms with E-state index in [4.69, 9.17) is 15.2 Å². The highest BCUT2D eigenvalue weighted by atomic mass is 16.5. The number of carbonyl (C=O) groups is 1. The number of nitrogens with one attached hydrogen (secondary N) is 1. The van der Waals surface area contributed by atoms with Crippen LogP contribution in [0.4, 0.5) is 0 Å². The Balaban J connectivity index is 1.97. The summed E-state index contributed by atoms with van der Waals surface area (Å²) in [7, 11) is 3.13. The zero-order valence-electron chi connectivity index (χ0n) is 17.9. The van der Waals surface area contributed by atoms with Gasteiger partial charge in [0.15, 0.2) is 11.5 Å². The van der Waals surface area contributed by atoms with Gasteiger partial charge in [0.2, 0.25) is 5.91 Å². The van der Waals surface area contributed by atoms with Gasteiger partial charge >= 0.3 is 0 Å². The van der Waals surface area contributed by atoms with Gasteiger partial charge in [0, 0.05) is 36.9 Å². The van der Waals surface area contributed by atoms with Gasteiger partial charge in [-0.15, -0.1) is 0 Å². The number of para-hydroxylation sites is 1. The molecule has 7 nitrogen and oxygen atoms in total. The van der Waals surface area contributed by atoms with E-state index in [1.807, 2.05) is 42.6 Å². The summed E-state index contributed by atoms with van der Waals surface area (Å²) in [6.45, 7) is 0.533. The van der Waals surface area contributed by atoms with Crippen LogP contribution in [0.5, 0.6) is 11.5 Å². The first kappa shape index (κ1) is 22.2. The molecule has 162 valence electrons. The predicted octanol–water partition coefficient (Wildman–Crippen LogP) is 2.64. The van der Waals surface area contributed by atoms with Crippen molar-refractivity contribution < 1.29 is 14.3 Å². The second kappa shape index (κ2) is 10.5. The van der Waals surface area contributed by atoms with Crippen LogP contribution in [0.3, 0.4) is 0 Å². The zero-order chi connectivity index (χ0) is 22.1. The molecule has 0 saturated heterocycles. The number of nitrogens with two attached hydrogens (primary N) is 1. The molecule has 1 atom stereocenters. The number of methoxy groups -OCH3 is 2. The van der Waals surface area contributed by atoms with Crippen molar-refractivity contribution in [1.29, 1.82) is 0 Å². The summed E-state index contributed by atoms with van der Waals surface area (Å²) >= 11 is 0. The summed E-state index contributed by atoms with van der Waals surface area (Å²) in [4.78, 5) is 21.2. The van der Waals surface area contributed by atoms with E-state index in [2.05, 4.69) is 15.3 Å². The summed E-state index contributed by atoms with van der Waals surface area (Å²) < 4.78 is 11.1. The average Bonchev–Trinajstić information content (AvgIpc) is 2.82. The first-order valence-electron chi connectivity index (χ1n) is 10.1. The van der Waals surface area contributed by atoms with Crippen molar-refractivity contribution in [2.45, 2.75) is 24.8 Å². The van der Waals surface area contributed by atoms with E-state index in [-0.39, 0.29) is 0 Å². The van der Waals surface area contributed by atoms with Crippen LogP contribution in [0.25, 0.3) is 0 Å². The number of benzene rings is 1. The third-order valence-corrected chi connectivity index (χ3v) is 5.38. The van der Waals surface area contributed by atoms with Crippen LogP contribution >= 0.6 is 0 Å². The number of amides is 1. The molecule has 1 aromatic carbocycles. The number of ether oxygens (including phenoxy) is 2. The van der Waals surface area contributed by atoms with Crippen molar-refractivity contribution in [3.8, 4) is 11.5 Å². The first-order chi connectivity index (χ1) is 15.1. The Labute approximate surface area is 182 Å². The molecule has 0 saturated carbocycles. The Morgan fingerprint density at radius 2 is 1.77 bits per heavy atom. The second-order valence-corrected chi connectivity index (χ2v) is 7.20. The van der Waals surface area contributed by atoms with Crippen molar-refractivity contribution in [3.05, 3.63) is 83.9 Å². The number of hydrogen-bond donors (Lipinski definition) is 2. The molecule has 3 N–H and O–H groups in total. The number of aromatic nitrogens is 2. The lowest BCUT2D eigenvalue weighted by atomic mass is 9.82. The van der Waals surface area contributed by atoms with Crippen molar-refractivity contribution in [2.75, 3.05) is 20.8 Å². The SMILES string of the molecule is COc1cccc(C(CCc2ccncc2)(NCCc2cccnc2)C(N)=O)c1OC. The lowest BCUT2D eigenvalue weighted by Gasteiger charge is -2.34. The van der Waals surface area contributed by atoms with Crippen LogP contribution in [0.15, 0.2) is 67.3 Å². The summed E-state index contributed by atoms with van der Waals surface area (Å²) in [6, 6.07) is 13.3. The summed E-state index contributed by atoms with van der Waals surface area (Å²) in [6.07, 6.45) is 8.81. The normalized spacial score (nSPS) is 12.7. The van der Waals surface area contributed by atoms with E-state index in [1.165, 1.54) is 0 Å². The number of aryl methyl sites for hydroxylation is 1. The smallest absolute Gasteiger partial charge is 0.242 e. The number of rotatable bonds is 11. The first-order valence-corrected chi connectivity index (χ1v) is 10.1. The van der Waals surface area contributed by atoms with Gasteiger partial charge in [0.05, 0.1) is 14.2 Å². The van der Waals surface area contributed by atoms with Crippen LogP contribution < -0.4 is 20.5 Å². The fourth-order valence-electron chi connectivity index (χ4n) is 3.73. The minimum Gasteiger partial charge on any atom is -0.493 e. The third kappa shape index (κ3) is 5.19. The maximum Gasteiger partial charge on any atom is 0.242 e. The highest BCUT2D eigenvalue weighted by molar-refractivity contribution is 5.87. The third-order valence-electron chi connectivity index (χ3n) is 5.38. The lowest BCUT2D eigenvalue weighted by molar-refractivity contribution is -0.125. The average molecular weight is 421 g/mol. The van der Waals surface area contributed by atoms with Gasteiger partial charge < -0.3 is 15.2 Å². The molecule has 1 amide bonds. The Kier molecular flexibility index (Phi) is 7.56. The van der Waals surface area contributed by atoms with E-state index in [0.29, 0.717) is 42.9 Å². The minimum absolute atomic E-state index is 0.447. The molecule has 7 heteroatoms. The quantitative estimate of drug-likeness (QED) is 0.495. The molecule has 3 aromatic rings. The highest BCUT2D eigenvalue weighted by Gasteiger charge is 2.41. The van der Waals surface area contributed by atoms with Crippen molar-refractivity contribution in [2.24, 2.45) is 5.73 Å². The molecular weight excluding hydrogens is 392 g/mol. The standard InChI is InChI=1S/C24H28N4O3/c1-30-21-7-3-6-20(22(21)31-2)24(23(25)29,12-8-18-9-14-26-15-10-18)28-16-11-19-5-4-13-27-17-19/h3-7,9-10,13-15,17,28H,8,11-12,16H2,1-2H3,(H2,25,29). The van der Waals surface area contributed by atoms with Crippen LogP contribution in [-0.2, 0) is 23.2 Å². The predicted molar refractivity (Wildman–Crippen MR) is 119 cm³/mol. The van der Waals surface area contributed by atoms with Gasteiger partial charge in [-0.1, -0.05) is 18.2 Å². The molecule has 1 unspecified atom stereocenters. The zero-order valence-corrected chi connectivity index (χ0v) is 17.9. The molecule has 0 spiro atoms. The monoisotopic (exact) mass is 420 g/mol. The molecule has 2 aromatic heterocycles. The molecule has 3 rings (SSSR count). The number of hydrogen-bond acceptors (Lipinski definition) is 6.